The fourth-order valence-corrected chi connectivity index (χ4v) is 1.89. The maximum atomic E-state index is 6.22. The number of nitrogens with zero attached hydrogens (tertiary/aromatic N) is 1. The third-order valence-electron chi connectivity index (χ3n) is 2.68. The van der Waals surface area contributed by atoms with Crippen LogP contribution in [0.1, 0.15) is 11.1 Å². The molecule has 2 nitrogen and oxygen atoms in total. The highest BCUT2D eigenvalue weighted by molar-refractivity contribution is 6.33. The predicted octanol–water partition coefficient (Wildman–Crippen LogP) is 3.60. The maximum absolute atomic E-state index is 6.22. The lowest BCUT2D eigenvalue weighted by Gasteiger charge is -2.08. The maximum Gasteiger partial charge on any atom is 0.123 e. The Balaban J connectivity index is 2.56. The molecule has 1 aromatic carbocycles. The first kappa shape index (κ1) is 11.0. The summed E-state index contributed by atoms with van der Waals surface area (Å²) >= 11 is 6.22. The largest absolute Gasteiger partial charge is 0.384 e. The SMILES string of the molecule is Cc1cc(Cl)c(-c2ccc(N)nc2)cc1C. The molecule has 0 aliphatic carbocycles. The number of hydrogen-bond acceptors (Lipinski definition) is 2. The lowest BCUT2D eigenvalue weighted by molar-refractivity contribution is 1.31. The number of benzene rings is 1. The van der Waals surface area contributed by atoms with Crippen LogP contribution in [0.5, 0.6) is 0 Å². The Bertz CT molecular complexity index is 518. The Labute approximate surface area is 100 Å². The molecule has 0 unspecified atom stereocenters. The van der Waals surface area contributed by atoms with Crippen molar-refractivity contribution < 1.29 is 0 Å². The molecular formula is C13H13ClN2. The number of rotatable bonds is 1. The number of nitrogen functional groups attached to an aromatic ring is 1. The van der Waals surface area contributed by atoms with Gasteiger partial charge in [0, 0.05) is 22.3 Å². The monoisotopic (exact) mass is 232 g/mol. The van der Waals surface area contributed by atoms with Crippen LogP contribution in [0.15, 0.2) is 30.5 Å². The molecule has 2 N–H and O–H groups in total. The zero-order chi connectivity index (χ0) is 11.7. The minimum absolute atomic E-state index is 0.517. The molecule has 2 aromatic rings. The summed E-state index contributed by atoms with van der Waals surface area (Å²) in [5, 5.41) is 0.745. The molecule has 0 fully saturated rings. The third-order valence-corrected chi connectivity index (χ3v) is 2.99. The molecule has 0 bridgehead atoms. The van der Waals surface area contributed by atoms with Crippen LogP contribution in [-0.2, 0) is 0 Å². The molecule has 1 heterocycles. The van der Waals surface area contributed by atoms with Gasteiger partial charge < -0.3 is 5.73 Å². The van der Waals surface area contributed by atoms with Gasteiger partial charge in [0.1, 0.15) is 5.82 Å². The van der Waals surface area contributed by atoms with Crippen molar-refractivity contribution in [1.82, 2.24) is 4.98 Å². The summed E-state index contributed by atoms with van der Waals surface area (Å²) in [4.78, 5) is 4.07. The van der Waals surface area contributed by atoms with E-state index in [0.29, 0.717) is 5.82 Å². The molecule has 1 aromatic heterocycles. The van der Waals surface area contributed by atoms with Gasteiger partial charge in [-0.3, -0.25) is 0 Å². The summed E-state index contributed by atoms with van der Waals surface area (Å²) in [7, 11) is 0. The zero-order valence-corrected chi connectivity index (χ0v) is 10.0. The van der Waals surface area contributed by atoms with Crippen molar-refractivity contribution in [3.63, 3.8) is 0 Å². The van der Waals surface area contributed by atoms with Crippen LogP contribution in [0.2, 0.25) is 5.02 Å². The summed E-state index contributed by atoms with van der Waals surface area (Å²) in [6.07, 6.45) is 1.74. The van der Waals surface area contributed by atoms with E-state index >= 15 is 0 Å². The van der Waals surface area contributed by atoms with Gasteiger partial charge in [0.05, 0.1) is 0 Å². The Morgan fingerprint density at radius 1 is 1.12 bits per heavy atom. The Morgan fingerprint density at radius 2 is 1.81 bits per heavy atom. The first-order chi connectivity index (χ1) is 7.58. The lowest BCUT2D eigenvalue weighted by atomic mass is 10.0. The van der Waals surface area contributed by atoms with Crippen molar-refractivity contribution in [2.75, 3.05) is 5.73 Å². The molecule has 3 heteroatoms. The Kier molecular flexibility index (Phi) is 2.84. The van der Waals surface area contributed by atoms with Crippen LogP contribution in [0.3, 0.4) is 0 Å². The number of nitrogens with two attached hydrogens (primary N) is 1. The van der Waals surface area contributed by atoms with Gasteiger partial charge in [-0.1, -0.05) is 11.6 Å². The molecule has 0 spiro atoms. The molecule has 2 rings (SSSR count). The van der Waals surface area contributed by atoms with Crippen molar-refractivity contribution >= 4 is 17.4 Å². The van der Waals surface area contributed by atoms with Gasteiger partial charge in [-0.05, 0) is 49.2 Å². The second-order valence-electron chi connectivity index (χ2n) is 3.89. The minimum atomic E-state index is 0.517. The number of aryl methyl sites for hydroxylation is 2. The van der Waals surface area contributed by atoms with Crippen LogP contribution in [0, 0.1) is 13.8 Å². The lowest BCUT2D eigenvalue weighted by Crippen LogP contribution is -1.90. The second-order valence-corrected chi connectivity index (χ2v) is 4.30. The molecule has 0 radical (unpaired) electrons. The zero-order valence-electron chi connectivity index (χ0n) is 9.29. The van der Waals surface area contributed by atoms with Gasteiger partial charge in [0.25, 0.3) is 0 Å². The van der Waals surface area contributed by atoms with E-state index in [1.807, 2.05) is 19.1 Å². The molecule has 0 aliphatic rings. The van der Waals surface area contributed by atoms with Crippen LogP contribution in [-0.4, -0.2) is 4.98 Å². The topological polar surface area (TPSA) is 38.9 Å². The summed E-state index contributed by atoms with van der Waals surface area (Å²) in [6, 6.07) is 7.76. The minimum Gasteiger partial charge on any atom is -0.384 e. The second kappa shape index (κ2) is 4.14. The third kappa shape index (κ3) is 2.02. The smallest absolute Gasteiger partial charge is 0.123 e. The first-order valence-corrected chi connectivity index (χ1v) is 5.44. The Hall–Kier alpha value is -1.54. The van der Waals surface area contributed by atoms with E-state index in [1.165, 1.54) is 11.1 Å². The highest BCUT2D eigenvalue weighted by Crippen LogP contribution is 2.30. The number of pyridine rings is 1. The van der Waals surface area contributed by atoms with Gasteiger partial charge in [-0.2, -0.15) is 0 Å². The van der Waals surface area contributed by atoms with E-state index < -0.39 is 0 Å². The molecule has 0 amide bonds. The quantitative estimate of drug-likeness (QED) is 0.816. The van der Waals surface area contributed by atoms with Gasteiger partial charge in [-0.15, -0.1) is 0 Å². The molecule has 0 saturated carbocycles. The standard InChI is InChI=1S/C13H13ClN2/c1-8-5-11(12(14)6-9(8)2)10-3-4-13(15)16-7-10/h3-7H,1-2H3,(H2,15,16). The summed E-state index contributed by atoms with van der Waals surface area (Å²) in [5.74, 6) is 0.517. The molecule has 0 atom stereocenters. The van der Waals surface area contributed by atoms with E-state index in [-0.39, 0.29) is 0 Å². The van der Waals surface area contributed by atoms with Crippen molar-refractivity contribution in [3.05, 3.63) is 46.6 Å². The van der Waals surface area contributed by atoms with E-state index in [2.05, 4.69) is 18.0 Å². The van der Waals surface area contributed by atoms with E-state index in [4.69, 9.17) is 17.3 Å². The van der Waals surface area contributed by atoms with Crippen LogP contribution in [0.4, 0.5) is 5.82 Å². The normalized spacial score (nSPS) is 10.4. The van der Waals surface area contributed by atoms with Crippen molar-refractivity contribution in [2.45, 2.75) is 13.8 Å². The highest BCUT2D eigenvalue weighted by atomic mass is 35.5. The summed E-state index contributed by atoms with van der Waals surface area (Å²) in [5.41, 5.74) is 9.95. The van der Waals surface area contributed by atoms with Gasteiger partial charge >= 0.3 is 0 Å². The molecule has 82 valence electrons. The van der Waals surface area contributed by atoms with Crippen LogP contribution >= 0.6 is 11.6 Å². The van der Waals surface area contributed by atoms with E-state index in [9.17, 15) is 0 Å². The average molecular weight is 233 g/mol. The van der Waals surface area contributed by atoms with Gasteiger partial charge in [0.15, 0.2) is 0 Å². The Morgan fingerprint density at radius 3 is 2.44 bits per heavy atom. The van der Waals surface area contributed by atoms with Gasteiger partial charge in [0.2, 0.25) is 0 Å². The summed E-state index contributed by atoms with van der Waals surface area (Å²) in [6.45, 7) is 4.12. The number of aromatic nitrogens is 1. The fraction of sp³-hybridized carbons (Fsp3) is 0.154. The molecule has 0 saturated heterocycles. The molecule has 0 aliphatic heterocycles. The number of anilines is 1. The predicted molar refractivity (Wildman–Crippen MR) is 68.6 cm³/mol. The van der Waals surface area contributed by atoms with Crippen molar-refractivity contribution in [3.8, 4) is 11.1 Å². The molecular weight excluding hydrogens is 220 g/mol. The van der Waals surface area contributed by atoms with Crippen molar-refractivity contribution in [1.29, 1.82) is 0 Å². The van der Waals surface area contributed by atoms with E-state index in [0.717, 1.165) is 16.1 Å². The van der Waals surface area contributed by atoms with Crippen LogP contribution in [0.25, 0.3) is 11.1 Å². The first-order valence-electron chi connectivity index (χ1n) is 5.06. The summed E-state index contributed by atoms with van der Waals surface area (Å²) < 4.78 is 0. The van der Waals surface area contributed by atoms with Crippen molar-refractivity contribution in [2.24, 2.45) is 0 Å². The number of hydrogen-bond donors (Lipinski definition) is 1. The average Bonchev–Trinajstić information content (AvgIpc) is 2.25. The highest BCUT2D eigenvalue weighted by Gasteiger charge is 2.06. The molecule has 16 heavy (non-hydrogen) atoms. The van der Waals surface area contributed by atoms with Crippen LogP contribution < -0.4 is 5.73 Å². The van der Waals surface area contributed by atoms with Gasteiger partial charge in [-0.25, -0.2) is 4.98 Å². The van der Waals surface area contributed by atoms with E-state index in [1.54, 1.807) is 12.3 Å². The fourth-order valence-electron chi connectivity index (χ4n) is 1.57. The number of halogens is 1.